The zero-order valence-corrected chi connectivity index (χ0v) is 15.2. The molecular formula is C20H19F4NO3. The Morgan fingerprint density at radius 1 is 1.11 bits per heavy atom. The number of hydrogen-bond acceptors (Lipinski definition) is 3. The minimum Gasteiger partial charge on any atom is -0.490 e. The van der Waals surface area contributed by atoms with Gasteiger partial charge in [0.15, 0.2) is 23.1 Å². The van der Waals surface area contributed by atoms with Crippen LogP contribution in [0.3, 0.4) is 0 Å². The summed E-state index contributed by atoms with van der Waals surface area (Å²) in [5.41, 5.74) is 0.938. The lowest BCUT2D eigenvalue weighted by atomic mass is 10.1. The van der Waals surface area contributed by atoms with Gasteiger partial charge in [-0.15, -0.1) is 0 Å². The molecule has 1 unspecified atom stereocenters. The van der Waals surface area contributed by atoms with E-state index in [4.69, 9.17) is 4.74 Å². The van der Waals surface area contributed by atoms with Gasteiger partial charge >= 0.3 is 6.61 Å². The van der Waals surface area contributed by atoms with E-state index in [9.17, 15) is 22.4 Å². The van der Waals surface area contributed by atoms with Crippen molar-refractivity contribution in [1.82, 2.24) is 5.32 Å². The molecule has 0 aliphatic carbocycles. The number of hydrogen-bond donors (Lipinski definition) is 1. The van der Waals surface area contributed by atoms with Crippen LogP contribution in [0.15, 0.2) is 42.5 Å². The van der Waals surface area contributed by atoms with Gasteiger partial charge in [0.1, 0.15) is 0 Å². The summed E-state index contributed by atoms with van der Waals surface area (Å²) in [6.07, 6.45) is 2.69. The molecule has 1 atom stereocenters. The van der Waals surface area contributed by atoms with E-state index >= 15 is 0 Å². The van der Waals surface area contributed by atoms with Crippen LogP contribution in [0.1, 0.15) is 31.0 Å². The molecule has 28 heavy (non-hydrogen) atoms. The fourth-order valence-electron chi connectivity index (χ4n) is 2.39. The maximum absolute atomic E-state index is 13.3. The molecule has 0 aliphatic heterocycles. The molecule has 1 amide bonds. The maximum atomic E-state index is 13.3. The second-order valence-corrected chi connectivity index (χ2v) is 5.75. The summed E-state index contributed by atoms with van der Waals surface area (Å²) in [5.74, 6) is -2.41. The van der Waals surface area contributed by atoms with E-state index in [0.29, 0.717) is 11.1 Å². The van der Waals surface area contributed by atoms with E-state index in [2.05, 4.69) is 10.1 Å². The summed E-state index contributed by atoms with van der Waals surface area (Å²) in [5, 5.41) is 2.62. The largest absolute Gasteiger partial charge is 0.490 e. The van der Waals surface area contributed by atoms with Crippen LogP contribution in [0.25, 0.3) is 6.08 Å². The molecule has 0 saturated carbocycles. The molecule has 1 N–H and O–H groups in total. The van der Waals surface area contributed by atoms with E-state index in [1.54, 1.807) is 13.8 Å². The summed E-state index contributed by atoms with van der Waals surface area (Å²) in [6.45, 7) is 0.590. The molecule has 0 aliphatic rings. The van der Waals surface area contributed by atoms with Crippen molar-refractivity contribution in [3.63, 3.8) is 0 Å². The molecule has 0 fully saturated rings. The lowest BCUT2D eigenvalue weighted by Crippen LogP contribution is -2.24. The van der Waals surface area contributed by atoms with Crippen LogP contribution in [-0.2, 0) is 4.79 Å². The number of nitrogens with one attached hydrogen (secondary N) is 1. The van der Waals surface area contributed by atoms with Crippen LogP contribution >= 0.6 is 0 Å². The summed E-state index contributed by atoms with van der Waals surface area (Å²) in [6, 6.07) is 7.10. The molecule has 2 aromatic carbocycles. The summed E-state index contributed by atoms with van der Waals surface area (Å²) >= 11 is 0. The number of ether oxygens (including phenoxy) is 2. The molecule has 8 heteroatoms. The molecule has 2 aromatic rings. The number of alkyl halides is 2. The number of benzene rings is 2. The molecule has 0 heterocycles. The first-order chi connectivity index (χ1) is 13.3. The standard InChI is InChI=1S/C20H19F4NO3/c1-3-27-18-10-13(4-8-17(18)28-20(23)24)5-9-19(26)25-12(2)14-6-7-15(21)16(22)11-14/h4-12,20H,3H2,1-2H3,(H,25,26)/b9-5+. The lowest BCUT2D eigenvalue weighted by molar-refractivity contribution is -0.117. The number of halogens is 4. The second-order valence-electron chi connectivity index (χ2n) is 5.75. The maximum Gasteiger partial charge on any atom is 0.387 e. The Morgan fingerprint density at radius 3 is 2.50 bits per heavy atom. The zero-order chi connectivity index (χ0) is 20.7. The third-order valence-electron chi connectivity index (χ3n) is 3.71. The topological polar surface area (TPSA) is 47.6 Å². The molecule has 0 spiro atoms. The first-order valence-electron chi connectivity index (χ1n) is 8.45. The Bertz CT molecular complexity index is 855. The minimum absolute atomic E-state index is 0.106. The van der Waals surface area contributed by atoms with Crippen LogP contribution in [0, 0.1) is 11.6 Å². The average Bonchev–Trinajstić information content (AvgIpc) is 2.64. The van der Waals surface area contributed by atoms with E-state index < -0.39 is 30.2 Å². The van der Waals surface area contributed by atoms with Crippen molar-refractivity contribution in [3.05, 3.63) is 65.2 Å². The van der Waals surface area contributed by atoms with Crippen LogP contribution in [0.5, 0.6) is 11.5 Å². The van der Waals surface area contributed by atoms with Gasteiger partial charge in [0.05, 0.1) is 12.6 Å². The first-order valence-corrected chi connectivity index (χ1v) is 8.45. The van der Waals surface area contributed by atoms with Crippen molar-refractivity contribution in [2.75, 3.05) is 6.61 Å². The van der Waals surface area contributed by atoms with Crippen molar-refractivity contribution >= 4 is 12.0 Å². The number of rotatable bonds is 8. The van der Waals surface area contributed by atoms with Crippen molar-refractivity contribution in [2.45, 2.75) is 26.5 Å². The molecule has 4 nitrogen and oxygen atoms in total. The third-order valence-corrected chi connectivity index (χ3v) is 3.71. The highest BCUT2D eigenvalue weighted by Gasteiger charge is 2.12. The fourth-order valence-corrected chi connectivity index (χ4v) is 2.39. The third kappa shape index (κ3) is 6.00. The normalized spacial score (nSPS) is 12.2. The zero-order valence-electron chi connectivity index (χ0n) is 15.2. The van der Waals surface area contributed by atoms with Gasteiger partial charge in [-0.3, -0.25) is 4.79 Å². The average molecular weight is 397 g/mol. The molecule has 0 saturated heterocycles. The quantitative estimate of drug-likeness (QED) is 0.511. The lowest BCUT2D eigenvalue weighted by Gasteiger charge is -2.13. The minimum atomic E-state index is -2.98. The fraction of sp³-hybridized carbons (Fsp3) is 0.250. The van der Waals surface area contributed by atoms with E-state index in [1.165, 1.54) is 36.4 Å². The summed E-state index contributed by atoms with van der Waals surface area (Å²) in [4.78, 5) is 12.1. The van der Waals surface area contributed by atoms with Crippen LogP contribution in [0.4, 0.5) is 17.6 Å². The molecule has 0 aromatic heterocycles. The monoisotopic (exact) mass is 397 g/mol. The first kappa shape index (κ1) is 21.3. The number of carbonyl (C=O) groups excluding carboxylic acids is 1. The Labute approximate surface area is 159 Å². The smallest absolute Gasteiger partial charge is 0.387 e. The predicted molar refractivity (Wildman–Crippen MR) is 96.2 cm³/mol. The number of carbonyl (C=O) groups is 1. The van der Waals surface area contributed by atoms with Crippen LogP contribution in [0.2, 0.25) is 0 Å². The Hall–Kier alpha value is -3.03. The van der Waals surface area contributed by atoms with Gasteiger partial charge in [-0.05, 0) is 55.3 Å². The highest BCUT2D eigenvalue weighted by atomic mass is 19.3. The van der Waals surface area contributed by atoms with Gasteiger partial charge in [0.25, 0.3) is 0 Å². The van der Waals surface area contributed by atoms with Crippen molar-refractivity contribution in [3.8, 4) is 11.5 Å². The Balaban J connectivity index is 2.06. The van der Waals surface area contributed by atoms with Crippen molar-refractivity contribution in [2.24, 2.45) is 0 Å². The molecule has 150 valence electrons. The SMILES string of the molecule is CCOc1cc(/C=C/C(=O)NC(C)c2ccc(F)c(F)c2)ccc1OC(F)F. The second kappa shape index (κ2) is 9.77. The molecule has 0 bridgehead atoms. The molecule has 0 radical (unpaired) electrons. The van der Waals surface area contributed by atoms with E-state index in [1.807, 2.05) is 0 Å². The van der Waals surface area contributed by atoms with Crippen LogP contribution in [-0.4, -0.2) is 19.1 Å². The highest BCUT2D eigenvalue weighted by Crippen LogP contribution is 2.30. The van der Waals surface area contributed by atoms with Crippen molar-refractivity contribution < 1.29 is 31.8 Å². The summed E-state index contributed by atoms with van der Waals surface area (Å²) < 4.78 is 60.8. The highest BCUT2D eigenvalue weighted by molar-refractivity contribution is 5.92. The van der Waals surface area contributed by atoms with E-state index in [0.717, 1.165) is 12.1 Å². The van der Waals surface area contributed by atoms with Crippen molar-refractivity contribution in [1.29, 1.82) is 0 Å². The Morgan fingerprint density at radius 2 is 1.86 bits per heavy atom. The van der Waals surface area contributed by atoms with Gasteiger partial charge in [0, 0.05) is 6.08 Å². The van der Waals surface area contributed by atoms with Gasteiger partial charge in [-0.25, -0.2) is 8.78 Å². The number of amides is 1. The summed E-state index contributed by atoms with van der Waals surface area (Å²) in [7, 11) is 0. The van der Waals surface area contributed by atoms with E-state index in [-0.39, 0.29) is 18.1 Å². The van der Waals surface area contributed by atoms with Gasteiger partial charge in [-0.1, -0.05) is 12.1 Å². The van der Waals surface area contributed by atoms with Crippen LogP contribution < -0.4 is 14.8 Å². The van der Waals surface area contributed by atoms with Gasteiger partial charge < -0.3 is 14.8 Å². The van der Waals surface area contributed by atoms with Gasteiger partial charge in [0.2, 0.25) is 5.91 Å². The Kier molecular flexibility index (Phi) is 7.43. The molecular weight excluding hydrogens is 378 g/mol. The predicted octanol–water partition coefficient (Wildman–Crippen LogP) is 4.86. The van der Waals surface area contributed by atoms with Gasteiger partial charge in [-0.2, -0.15) is 8.78 Å². The molecule has 2 rings (SSSR count).